The van der Waals surface area contributed by atoms with E-state index in [1.807, 2.05) is 12.1 Å². The molecule has 4 nitrogen and oxygen atoms in total. The second-order valence-corrected chi connectivity index (χ2v) is 11.6. The van der Waals surface area contributed by atoms with Crippen molar-refractivity contribution in [2.24, 2.45) is 4.99 Å². The van der Waals surface area contributed by atoms with Crippen LogP contribution in [0.2, 0.25) is 0 Å². The Labute approximate surface area is 260 Å². The van der Waals surface area contributed by atoms with Gasteiger partial charge in [-0.25, -0.2) is 4.99 Å². The molecule has 9 rings (SSSR count). The average molecular weight is 580 g/mol. The molecule has 1 aliphatic heterocycles. The van der Waals surface area contributed by atoms with Gasteiger partial charge in [-0.3, -0.25) is 5.32 Å². The predicted molar refractivity (Wildman–Crippen MR) is 185 cm³/mol. The third-order valence-electron chi connectivity index (χ3n) is 8.95. The van der Waals surface area contributed by atoms with Gasteiger partial charge in [0.2, 0.25) is 0 Å². The highest BCUT2D eigenvalue weighted by atomic mass is 16.3. The van der Waals surface area contributed by atoms with Gasteiger partial charge >= 0.3 is 0 Å². The van der Waals surface area contributed by atoms with Crippen LogP contribution in [0, 0.1) is 0 Å². The fourth-order valence-corrected chi connectivity index (χ4v) is 6.77. The highest BCUT2D eigenvalue weighted by Gasteiger charge is 2.29. The van der Waals surface area contributed by atoms with Gasteiger partial charge in [-0.15, -0.1) is 0 Å². The number of hydrogen-bond acceptors (Lipinski definition) is 4. The fraction of sp³-hybridized carbons (Fsp3) is 0.0488. The Bertz CT molecular complexity index is 2400. The Balaban J connectivity index is 1.24. The number of rotatable bonds is 4. The van der Waals surface area contributed by atoms with Crippen molar-refractivity contribution in [3.63, 3.8) is 0 Å². The first-order valence-electron chi connectivity index (χ1n) is 15.4. The van der Waals surface area contributed by atoms with Gasteiger partial charge in [-0.05, 0) is 44.8 Å². The van der Waals surface area contributed by atoms with Crippen LogP contribution >= 0.6 is 0 Å². The molecule has 0 amide bonds. The molecule has 0 saturated heterocycles. The molecule has 4 heteroatoms. The molecule has 0 fully saturated rings. The van der Waals surface area contributed by atoms with E-state index in [0.717, 1.165) is 55.6 Å². The zero-order chi connectivity index (χ0) is 29.7. The maximum Gasteiger partial charge on any atom is 0.143 e. The molecular formula is C41H29N3O. The zero-order valence-corrected chi connectivity index (χ0v) is 24.4. The number of hydrogen-bond donors (Lipinski definition) is 2. The minimum Gasteiger partial charge on any atom is -0.455 e. The largest absolute Gasteiger partial charge is 0.455 e. The number of nitrogens with one attached hydrogen (secondary N) is 2. The summed E-state index contributed by atoms with van der Waals surface area (Å²) >= 11 is 0. The molecule has 2 atom stereocenters. The van der Waals surface area contributed by atoms with Crippen LogP contribution in [-0.2, 0) is 0 Å². The summed E-state index contributed by atoms with van der Waals surface area (Å²) in [6, 6.07) is 53.3. The quantitative estimate of drug-likeness (QED) is 0.218. The number of benzene rings is 7. The molecule has 214 valence electrons. The lowest BCUT2D eigenvalue weighted by Crippen LogP contribution is -2.45. The van der Waals surface area contributed by atoms with E-state index < -0.39 is 0 Å². The van der Waals surface area contributed by atoms with Crippen LogP contribution in [0.3, 0.4) is 0 Å². The van der Waals surface area contributed by atoms with Crippen LogP contribution in [-0.4, -0.2) is 5.84 Å². The molecule has 0 aliphatic carbocycles. The number of aliphatic imine (C=N–C) groups is 1. The van der Waals surface area contributed by atoms with Crippen LogP contribution in [0.1, 0.15) is 29.0 Å². The molecule has 0 saturated carbocycles. The number of fused-ring (bicyclic) bond motifs is 5. The van der Waals surface area contributed by atoms with Crippen LogP contribution in [0.25, 0.3) is 54.6 Å². The highest BCUT2D eigenvalue weighted by molar-refractivity contribution is 6.13. The Morgan fingerprint density at radius 3 is 2.18 bits per heavy atom. The van der Waals surface area contributed by atoms with Crippen molar-refractivity contribution in [3.8, 4) is 11.1 Å². The first-order chi connectivity index (χ1) is 22.3. The van der Waals surface area contributed by atoms with Crippen LogP contribution in [0.15, 0.2) is 161 Å². The van der Waals surface area contributed by atoms with Crippen molar-refractivity contribution in [1.82, 2.24) is 10.6 Å². The van der Waals surface area contributed by atoms with Crippen molar-refractivity contribution in [3.05, 3.63) is 168 Å². The van der Waals surface area contributed by atoms with Crippen LogP contribution in [0.4, 0.5) is 0 Å². The molecule has 0 radical (unpaired) electrons. The van der Waals surface area contributed by atoms with Crippen LogP contribution in [0.5, 0.6) is 0 Å². The summed E-state index contributed by atoms with van der Waals surface area (Å²) in [5.41, 5.74) is 7.29. The Morgan fingerprint density at radius 2 is 1.29 bits per heavy atom. The lowest BCUT2D eigenvalue weighted by molar-refractivity contribution is 0.411. The number of nitrogens with zero attached hydrogens (tertiary/aromatic N) is 1. The molecule has 45 heavy (non-hydrogen) atoms. The Morgan fingerprint density at radius 1 is 0.556 bits per heavy atom. The normalized spacial score (nSPS) is 16.7. The van der Waals surface area contributed by atoms with Crippen molar-refractivity contribution < 1.29 is 4.42 Å². The van der Waals surface area contributed by atoms with Gasteiger partial charge in [0.1, 0.15) is 29.3 Å². The minimum atomic E-state index is -0.236. The van der Waals surface area contributed by atoms with Gasteiger partial charge in [0.05, 0.1) is 0 Å². The lowest BCUT2D eigenvalue weighted by Gasteiger charge is -2.33. The molecule has 2 N–H and O–H groups in total. The number of amidine groups is 1. The molecule has 2 heterocycles. The lowest BCUT2D eigenvalue weighted by atomic mass is 9.95. The minimum absolute atomic E-state index is 0.226. The molecule has 1 aromatic heterocycles. The summed E-state index contributed by atoms with van der Waals surface area (Å²) in [7, 11) is 0. The third-order valence-corrected chi connectivity index (χ3v) is 8.95. The maximum absolute atomic E-state index is 6.68. The van der Waals surface area contributed by atoms with E-state index in [1.165, 1.54) is 21.5 Å². The molecule has 0 bridgehead atoms. The summed E-state index contributed by atoms with van der Waals surface area (Å²) in [6.07, 6.45) is -0.462. The van der Waals surface area contributed by atoms with E-state index in [1.54, 1.807) is 0 Å². The number of para-hydroxylation sites is 1. The van der Waals surface area contributed by atoms with Crippen molar-refractivity contribution in [2.75, 3.05) is 0 Å². The van der Waals surface area contributed by atoms with Gasteiger partial charge in [0, 0.05) is 27.5 Å². The molecular weight excluding hydrogens is 550 g/mol. The average Bonchev–Trinajstić information content (AvgIpc) is 3.51. The van der Waals surface area contributed by atoms with E-state index in [2.05, 4.69) is 150 Å². The van der Waals surface area contributed by atoms with E-state index in [0.29, 0.717) is 0 Å². The van der Waals surface area contributed by atoms with E-state index in [9.17, 15) is 0 Å². The van der Waals surface area contributed by atoms with Gasteiger partial charge in [-0.1, -0.05) is 140 Å². The summed E-state index contributed by atoms with van der Waals surface area (Å²) < 4.78 is 6.68. The standard InChI is InChI=1S/C41H29N3O/c1-2-13-28(14-3-1)39-42-40(33-19-10-16-27-12-6-7-17-31(27)33)44-41(43-39)35-24-23-32(30-22-21-26-11-4-5-15-29(26)25-30)38-37(35)34-18-8-9-20-36(34)45-38/h1-25,39,41,43H,(H,42,44). The monoisotopic (exact) mass is 579 g/mol. The maximum atomic E-state index is 6.68. The molecule has 7 aromatic carbocycles. The second-order valence-electron chi connectivity index (χ2n) is 11.6. The first-order valence-corrected chi connectivity index (χ1v) is 15.4. The first kappa shape index (κ1) is 25.8. The molecule has 1 aliphatic rings. The van der Waals surface area contributed by atoms with E-state index in [-0.39, 0.29) is 12.3 Å². The van der Waals surface area contributed by atoms with Crippen LogP contribution < -0.4 is 10.6 Å². The zero-order valence-electron chi connectivity index (χ0n) is 24.4. The molecule has 2 unspecified atom stereocenters. The number of furan rings is 1. The van der Waals surface area contributed by atoms with Crippen molar-refractivity contribution in [2.45, 2.75) is 12.3 Å². The van der Waals surface area contributed by atoms with E-state index >= 15 is 0 Å². The van der Waals surface area contributed by atoms with Gasteiger partial charge in [0.15, 0.2) is 0 Å². The van der Waals surface area contributed by atoms with Gasteiger partial charge < -0.3 is 9.73 Å². The molecule has 0 spiro atoms. The smallest absolute Gasteiger partial charge is 0.143 e. The Hall–Kier alpha value is -5.71. The van der Waals surface area contributed by atoms with Crippen molar-refractivity contribution >= 4 is 49.3 Å². The third kappa shape index (κ3) is 4.38. The summed E-state index contributed by atoms with van der Waals surface area (Å²) in [4.78, 5) is 5.24. The summed E-state index contributed by atoms with van der Waals surface area (Å²) in [5, 5.41) is 14.6. The molecule has 8 aromatic rings. The Kier molecular flexibility index (Phi) is 6.00. The SMILES string of the molecule is c1ccc(C2N=C(c3cccc4ccccc34)NC(c3ccc(-c4ccc5ccccc5c4)c4oc5ccccc5c34)N2)cc1. The summed E-state index contributed by atoms with van der Waals surface area (Å²) in [6.45, 7) is 0. The predicted octanol–water partition coefficient (Wildman–Crippen LogP) is 9.90. The topological polar surface area (TPSA) is 49.6 Å². The van der Waals surface area contributed by atoms with E-state index in [4.69, 9.17) is 9.41 Å². The van der Waals surface area contributed by atoms with Gasteiger partial charge in [-0.2, -0.15) is 0 Å². The fourth-order valence-electron chi connectivity index (χ4n) is 6.77. The van der Waals surface area contributed by atoms with Gasteiger partial charge in [0.25, 0.3) is 0 Å². The summed E-state index contributed by atoms with van der Waals surface area (Å²) in [5.74, 6) is 0.865. The van der Waals surface area contributed by atoms with Crippen molar-refractivity contribution in [1.29, 1.82) is 0 Å². The highest BCUT2D eigenvalue weighted by Crippen LogP contribution is 2.41. The second kappa shape index (κ2) is 10.5.